The number of benzene rings is 2. The molecular formula is C15H15N3O6S2. The molecule has 11 heteroatoms. The molecule has 1 heterocycles. The normalized spacial score (nSPS) is 16.4. The Kier molecular flexibility index (Phi) is 4.59. The van der Waals surface area contributed by atoms with Crippen LogP contribution in [0.25, 0.3) is 0 Å². The highest BCUT2D eigenvalue weighted by Crippen LogP contribution is 2.28. The fourth-order valence-corrected chi connectivity index (χ4v) is 5.28. The molecule has 1 fully saturated rings. The van der Waals surface area contributed by atoms with E-state index in [-0.39, 0.29) is 22.0 Å². The van der Waals surface area contributed by atoms with Crippen LogP contribution in [0.1, 0.15) is 6.42 Å². The highest BCUT2D eigenvalue weighted by Gasteiger charge is 2.28. The van der Waals surface area contributed by atoms with E-state index in [1.165, 1.54) is 40.7 Å². The van der Waals surface area contributed by atoms with Gasteiger partial charge in [0.15, 0.2) is 0 Å². The molecule has 2 aromatic carbocycles. The Morgan fingerprint density at radius 1 is 1.12 bits per heavy atom. The first-order chi connectivity index (χ1) is 12.2. The summed E-state index contributed by atoms with van der Waals surface area (Å²) in [6.45, 7) is 0.337. The summed E-state index contributed by atoms with van der Waals surface area (Å²) in [4.78, 5) is 9.88. The minimum atomic E-state index is -4.06. The van der Waals surface area contributed by atoms with Gasteiger partial charge in [-0.2, -0.15) is 0 Å². The average Bonchev–Trinajstić information content (AvgIpc) is 2.94. The van der Waals surface area contributed by atoms with Crippen molar-refractivity contribution in [1.82, 2.24) is 0 Å². The van der Waals surface area contributed by atoms with Gasteiger partial charge in [0.05, 0.1) is 26.9 Å². The zero-order valence-electron chi connectivity index (χ0n) is 13.4. The van der Waals surface area contributed by atoms with E-state index in [1.54, 1.807) is 6.07 Å². The van der Waals surface area contributed by atoms with Gasteiger partial charge in [-0.15, -0.1) is 0 Å². The third kappa shape index (κ3) is 3.63. The van der Waals surface area contributed by atoms with Crippen LogP contribution in [0, 0.1) is 10.1 Å². The third-order valence-electron chi connectivity index (χ3n) is 3.82. The van der Waals surface area contributed by atoms with E-state index in [0.717, 1.165) is 6.07 Å². The predicted molar refractivity (Wildman–Crippen MR) is 96.1 cm³/mol. The summed E-state index contributed by atoms with van der Waals surface area (Å²) in [7, 11) is -7.45. The van der Waals surface area contributed by atoms with Crippen molar-refractivity contribution in [1.29, 1.82) is 0 Å². The van der Waals surface area contributed by atoms with Gasteiger partial charge in [0, 0.05) is 18.7 Å². The van der Waals surface area contributed by atoms with E-state index in [2.05, 4.69) is 4.72 Å². The smallest absolute Gasteiger partial charge is 0.270 e. The van der Waals surface area contributed by atoms with E-state index in [4.69, 9.17) is 0 Å². The molecule has 0 bridgehead atoms. The molecule has 1 saturated heterocycles. The lowest BCUT2D eigenvalue weighted by molar-refractivity contribution is -0.385. The molecule has 26 heavy (non-hydrogen) atoms. The van der Waals surface area contributed by atoms with Crippen molar-refractivity contribution in [3.05, 3.63) is 58.6 Å². The van der Waals surface area contributed by atoms with Gasteiger partial charge in [-0.1, -0.05) is 12.1 Å². The van der Waals surface area contributed by atoms with Crippen molar-refractivity contribution < 1.29 is 21.8 Å². The average molecular weight is 397 g/mol. The Balaban J connectivity index is 1.90. The van der Waals surface area contributed by atoms with Gasteiger partial charge < -0.3 is 0 Å². The molecule has 1 aliphatic heterocycles. The van der Waals surface area contributed by atoms with Crippen LogP contribution in [-0.4, -0.2) is 34.1 Å². The maximum atomic E-state index is 12.5. The number of rotatable bonds is 5. The van der Waals surface area contributed by atoms with Crippen LogP contribution >= 0.6 is 0 Å². The van der Waals surface area contributed by atoms with Crippen LogP contribution in [0.2, 0.25) is 0 Å². The number of nitro benzene ring substituents is 1. The Hall–Kier alpha value is -2.66. The number of anilines is 2. The van der Waals surface area contributed by atoms with Crippen LogP contribution in [0.4, 0.5) is 17.1 Å². The van der Waals surface area contributed by atoms with Gasteiger partial charge in [0.25, 0.3) is 15.7 Å². The summed E-state index contributed by atoms with van der Waals surface area (Å²) in [6.07, 6.45) is 0.506. The van der Waals surface area contributed by atoms with Crippen molar-refractivity contribution in [3.63, 3.8) is 0 Å². The number of nitro groups is 1. The molecule has 0 aliphatic carbocycles. The Morgan fingerprint density at radius 3 is 2.50 bits per heavy atom. The van der Waals surface area contributed by atoms with Gasteiger partial charge in [0.2, 0.25) is 10.0 Å². The summed E-state index contributed by atoms with van der Waals surface area (Å²) in [5.74, 6) is 0.0522. The SMILES string of the molecule is O=[N+]([O-])c1cccc(S(=O)(=O)Nc2cccc(N3CCCS3(=O)=O)c2)c1. The number of hydrogen-bond acceptors (Lipinski definition) is 6. The third-order valence-corrected chi connectivity index (χ3v) is 7.07. The molecule has 0 aromatic heterocycles. The summed E-state index contributed by atoms with van der Waals surface area (Å²) >= 11 is 0. The molecule has 0 atom stereocenters. The van der Waals surface area contributed by atoms with E-state index in [1.807, 2.05) is 0 Å². The highest BCUT2D eigenvalue weighted by atomic mass is 32.2. The number of non-ortho nitro benzene ring substituents is 1. The fourth-order valence-electron chi connectivity index (χ4n) is 2.63. The second-order valence-corrected chi connectivity index (χ2v) is 9.35. The summed E-state index contributed by atoms with van der Waals surface area (Å²) in [5, 5.41) is 10.8. The molecule has 1 N–H and O–H groups in total. The van der Waals surface area contributed by atoms with Crippen LogP contribution in [0.5, 0.6) is 0 Å². The zero-order valence-corrected chi connectivity index (χ0v) is 15.0. The minimum Gasteiger partial charge on any atom is -0.280 e. The molecule has 0 saturated carbocycles. The van der Waals surface area contributed by atoms with E-state index in [0.29, 0.717) is 18.7 Å². The lowest BCUT2D eigenvalue weighted by Crippen LogP contribution is -2.25. The lowest BCUT2D eigenvalue weighted by atomic mass is 10.3. The molecule has 9 nitrogen and oxygen atoms in total. The van der Waals surface area contributed by atoms with Crippen molar-refractivity contribution in [2.75, 3.05) is 21.3 Å². The van der Waals surface area contributed by atoms with E-state index < -0.39 is 25.0 Å². The monoisotopic (exact) mass is 397 g/mol. The summed E-state index contributed by atoms with van der Waals surface area (Å²) in [5.41, 5.74) is 0.183. The van der Waals surface area contributed by atoms with Crippen molar-refractivity contribution >= 4 is 37.1 Å². The molecule has 138 valence electrons. The summed E-state index contributed by atoms with van der Waals surface area (Å²) in [6, 6.07) is 10.7. The van der Waals surface area contributed by atoms with Gasteiger partial charge in [-0.25, -0.2) is 16.8 Å². The van der Waals surface area contributed by atoms with Crippen LogP contribution in [-0.2, 0) is 20.0 Å². The van der Waals surface area contributed by atoms with Crippen LogP contribution in [0.3, 0.4) is 0 Å². The predicted octanol–water partition coefficient (Wildman–Crippen LogP) is 1.94. The number of nitrogens with one attached hydrogen (secondary N) is 1. The summed E-state index contributed by atoms with van der Waals surface area (Å²) < 4.78 is 52.5. The maximum absolute atomic E-state index is 12.5. The van der Waals surface area contributed by atoms with Gasteiger partial charge in [-0.3, -0.25) is 19.1 Å². The fraction of sp³-hybridized carbons (Fsp3) is 0.200. The van der Waals surface area contributed by atoms with Crippen molar-refractivity contribution in [2.24, 2.45) is 0 Å². The number of sulfonamides is 2. The van der Waals surface area contributed by atoms with Crippen LogP contribution < -0.4 is 9.03 Å². The first-order valence-electron chi connectivity index (χ1n) is 7.57. The quantitative estimate of drug-likeness (QED) is 0.607. The second kappa shape index (κ2) is 6.57. The molecule has 2 aromatic rings. The van der Waals surface area contributed by atoms with Gasteiger partial charge in [-0.05, 0) is 30.7 Å². The standard InChI is InChI=1S/C15H15N3O6S2/c19-18(20)14-6-2-7-15(11-14)26(23,24)16-12-4-1-5-13(10-12)17-8-3-9-25(17,21)22/h1-2,4-7,10-11,16H,3,8-9H2. The highest BCUT2D eigenvalue weighted by molar-refractivity contribution is 7.93. The van der Waals surface area contributed by atoms with E-state index in [9.17, 15) is 26.9 Å². The Morgan fingerprint density at radius 2 is 1.85 bits per heavy atom. The number of nitrogens with zero attached hydrogens (tertiary/aromatic N) is 2. The number of hydrogen-bond donors (Lipinski definition) is 1. The first kappa shape index (κ1) is 18.1. The van der Waals surface area contributed by atoms with Gasteiger partial charge >= 0.3 is 0 Å². The molecule has 0 amide bonds. The Labute approximate surface area is 150 Å². The van der Waals surface area contributed by atoms with E-state index >= 15 is 0 Å². The Bertz CT molecular complexity index is 1070. The van der Waals surface area contributed by atoms with Crippen molar-refractivity contribution in [3.8, 4) is 0 Å². The minimum absolute atomic E-state index is 0.0522. The van der Waals surface area contributed by atoms with Crippen LogP contribution in [0.15, 0.2) is 53.4 Å². The second-order valence-electron chi connectivity index (χ2n) is 5.65. The molecule has 0 radical (unpaired) electrons. The lowest BCUT2D eigenvalue weighted by Gasteiger charge is -2.18. The zero-order chi connectivity index (χ0) is 18.9. The largest absolute Gasteiger partial charge is 0.280 e. The van der Waals surface area contributed by atoms with Gasteiger partial charge in [0.1, 0.15) is 0 Å². The first-order valence-corrected chi connectivity index (χ1v) is 10.7. The molecule has 0 unspecified atom stereocenters. The molecular weight excluding hydrogens is 382 g/mol. The molecule has 3 rings (SSSR count). The molecule has 1 aliphatic rings. The molecule has 0 spiro atoms. The van der Waals surface area contributed by atoms with Crippen molar-refractivity contribution in [2.45, 2.75) is 11.3 Å². The topological polar surface area (TPSA) is 127 Å². The maximum Gasteiger partial charge on any atom is 0.270 e.